The molecule has 0 aliphatic heterocycles. The molecule has 0 saturated heterocycles. The van der Waals surface area contributed by atoms with Gasteiger partial charge in [-0.05, 0) is 58.9 Å². The van der Waals surface area contributed by atoms with Gasteiger partial charge in [-0.3, -0.25) is 9.78 Å². The maximum Gasteiger partial charge on any atom is 0.255 e. The first-order valence-electron chi connectivity index (χ1n) is 10.2. The standard InChI is InChI=1S/C23H27FN6O2/c1-22(2,3)29-17-9-18(19-7-6-15-8-14(10-25)11-28-30(15)19)26-12-16(17)21(31)27-13-20(24)23(4,5)32/h6-9,11-12,20,32H,13H2,1-5H3,(H,26,29)(H,27,31). The summed E-state index contributed by atoms with van der Waals surface area (Å²) in [6, 6.07) is 9.20. The Morgan fingerprint density at radius 2 is 1.97 bits per heavy atom. The van der Waals surface area contributed by atoms with Crippen molar-refractivity contribution < 1.29 is 14.3 Å². The average Bonchev–Trinajstić information content (AvgIpc) is 3.12. The fourth-order valence-corrected chi connectivity index (χ4v) is 3.07. The number of anilines is 1. The largest absolute Gasteiger partial charge is 0.387 e. The number of carbonyl (C=O) groups excluding carboxylic acids is 1. The van der Waals surface area contributed by atoms with Gasteiger partial charge in [0, 0.05) is 11.7 Å². The number of hydrogen-bond acceptors (Lipinski definition) is 6. The molecule has 0 aromatic carbocycles. The third kappa shape index (κ3) is 5.21. The van der Waals surface area contributed by atoms with E-state index in [-0.39, 0.29) is 17.6 Å². The molecule has 0 spiro atoms. The minimum atomic E-state index is -1.62. The van der Waals surface area contributed by atoms with Crippen LogP contribution >= 0.6 is 0 Å². The van der Waals surface area contributed by atoms with Crippen LogP contribution in [0.2, 0.25) is 0 Å². The number of nitrogens with one attached hydrogen (secondary N) is 2. The van der Waals surface area contributed by atoms with Crippen molar-refractivity contribution in [2.75, 3.05) is 11.9 Å². The molecular weight excluding hydrogens is 411 g/mol. The van der Waals surface area contributed by atoms with Crippen molar-refractivity contribution in [3.8, 4) is 17.5 Å². The lowest BCUT2D eigenvalue weighted by atomic mass is 10.0. The van der Waals surface area contributed by atoms with Gasteiger partial charge in [-0.1, -0.05) is 0 Å². The summed E-state index contributed by atoms with van der Waals surface area (Å²) in [7, 11) is 0. The van der Waals surface area contributed by atoms with Gasteiger partial charge in [0.25, 0.3) is 5.91 Å². The second kappa shape index (κ2) is 8.55. The van der Waals surface area contributed by atoms with Crippen molar-refractivity contribution in [1.29, 1.82) is 5.26 Å². The first-order chi connectivity index (χ1) is 14.9. The molecule has 0 radical (unpaired) electrons. The number of pyridine rings is 1. The van der Waals surface area contributed by atoms with Crippen molar-refractivity contribution in [3.63, 3.8) is 0 Å². The molecule has 1 atom stereocenters. The van der Waals surface area contributed by atoms with Crippen LogP contribution in [0.3, 0.4) is 0 Å². The van der Waals surface area contributed by atoms with Crippen molar-refractivity contribution in [2.24, 2.45) is 0 Å². The Morgan fingerprint density at radius 3 is 2.59 bits per heavy atom. The lowest BCUT2D eigenvalue weighted by Gasteiger charge is -2.25. The van der Waals surface area contributed by atoms with Gasteiger partial charge in [0.05, 0.1) is 52.1 Å². The molecule has 3 aromatic rings. The second-order valence-electron chi connectivity index (χ2n) is 9.23. The molecule has 168 valence electrons. The van der Waals surface area contributed by atoms with Gasteiger partial charge in [-0.15, -0.1) is 0 Å². The molecule has 0 aliphatic carbocycles. The number of aliphatic hydroxyl groups is 1. The number of nitriles is 1. The van der Waals surface area contributed by atoms with Crippen LogP contribution in [0.5, 0.6) is 0 Å². The molecular formula is C23H27FN6O2. The van der Waals surface area contributed by atoms with E-state index in [0.29, 0.717) is 22.6 Å². The lowest BCUT2D eigenvalue weighted by molar-refractivity contribution is -0.00177. The van der Waals surface area contributed by atoms with Crippen molar-refractivity contribution in [3.05, 3.63) is 47.8 Å². The predicted molar refractivity (Wildman–Crippen MR) is 120 cm³/mol. The molecule has 1 amide bonds. The smallest absolute Gasteiger partial charge is 0.255 e. The summed E-state index contributed by atoms with van der Waals surface area (Å²) in [6.45, 7) is 8.24. The molecule has 0 aliphatic rings. The molecule has 0 bridgehead atoms. The number of aromatic nitrogens is 3. The Labute approximate surface area is 186 Å². The van der Waals surface area contributed by atoms with Crippen LogP contribution < -0.4 is 10.6 Å². The van der Waals surface area contributed by atoms with Crippen molar-refractivity contribution >= 4 is 17.1 Å². The second-order valence-corrected chi connectivity index (χ2v) is 9.23. The maximum absolute atomic E-state index is 14.1. The molecule has 0 fully saturated rings. The van der Waals surface area contributed by atoms with Gasteiger partial charge >= 0.3 is 0 Å². The van der Waals surface area contributed by atoms with Gasteiger partial charge in [-0.2, -0.15) is 10.4 Å². The quantitative estimate of drug-likeness (QED) is 0.544. The summed E-state index contributed by atoms with van der Waals surface area (Å²) in [5, 5.41) is 29.0. The van der Waals surface area contributed by atoms with Crippen LogP contribution in [0, 0.1) is 11.3 Å². The highest BCUT2D eigenvalue weighted by molar-refractivity contribution is 6.00. The fourth-order valence-electron chi connectivity index (χ4n) is 3.07. The molecule has 0 saturated carbocycles. The molecule has 32 heavy (non-hydrogen) atoms. The number of amides is 1. The topological polar surface area (TPSA) is 115 Å². The third-order valence-corrected chi connectivity index (χ3v) is 4.76. The van der Waals surface area contributed by atoms with Gasteiger partial charge in [0.1, 0.15) is 12.2 Å². The maximum atomic E-state index is 14.1. The van der Waals surface area contributed by atoms with Crippen LogP contribution in [0.15, 0.2) is 36.7 Å². The summed E-state index contributed by atoms with van der Waals surface area (Å²) in [5.74, 6) is -0.500. The fraction of sp³-hybridized carbons (Fsp3) is 0.391. The number of carbonyl (C=O) groups is 1. The van der Waals surface area contributed by atoms with Crippen molar-refractivity contribution in [1.82, 2.24) is 19.9 Å². The predicted octanol–water partition coefficient (Wildman–Crippen LogP) is 3.32. The summed E-state index contributed by atoms with van der Waals surface area (Å²) in [5.41, 5.74) is 1.34. The Hall–Kier alpha value is -3.51. The number of alkyl halides is 1. The number of halogens is 1. The minimum Gasteiger partial charge on any atom is -0.387 e. The number of hydrogen-bond donors (Lipinski definition) is 3. The van der Waals surface area contributed by atoms with Crippen LogP contribution in [0.1, 0.15) is 50.5 Å². The van der Waals surface area contributed by atoms with E-state index in [4.69, 9.17) is 5.26 Å². The van der Waals surface area contributed by atoms with E-state index in [2.05, 4.69) is 26.8 Å². The van der Waals surface area contributed by atoms with Gasteiger partial charge in [0.2, 0.25) is 0 Å². The minimum absolute atomic E-state index is 0.257. The first-order valence-corrected chi connectivity index (χ1v) is 10.2. The summed E-state index contributed by atoms with van der Waals surface area (Å²) < 4.78 is 15.8. The van der Waals surface area contributed by atoms with Crippen LogP contribution in [0.4, 0.5) is 10.1 Å². The molecule has 3 aromatic heterocycles. The van der Waals surface area contributed by atoms with Crippen LogP contribution in [-0.2, 0) is 0 Å². The molecule has 3 rings (SSSR count). The van der Waals surface area contributed by atoms with Crippen LogP contribution in [0.25, 0.3) is 16.9 Å². The van der Waals surface area contributed by atoms with Gasteiger partial charge in [-0.25, -0.2) is 8.91 Å². The Morgan fingerprint density at radius 1 is 1.25 bits per heavy atom. The van der Waals surface area contributed by atoms with E-state index in [1.165, 1.54) is 26.2 Å². The zero-order valence-electron chi connectivity index (χ0n) is 18.8. The summed E-state index contributed by atoms with van der Waals surface area (Å²) in [6.07, 6.45) is 1.29. The van der Waals surface area contributed by atoms with Crippen LogP contribution in [-0.4, -0.2) is 49.5 Å². The Kier molecular flexibility index (Phi) is 6.19. The molecule has 3 N–H and O–H groups in total. The highest BCUT2D eigenvalue weighted by Crippen LogP contribution is 2.27. The van der Waals surface area contributed by atoms with E-state index < -0.39 is 17.7 Å². The Bertz CT molecular complexity index is 1180. The van der Waals surface area contributed by atoms with E-state index in [9.17, 15) is 14.3 Å². The zero-order chi connectivity index (χ0) is 23.7. The Balaban J connectivity index is 1.97. The number of fused-ring (bicyclic) bond motifs is 1. The monoisotopic (exact) mass is 438 g/mol. The van der Waals surface area contributed by atoms with Crippen molar-refractivity contribution in [2.45, 2.75) is 51.9 Å². The first kappa shape index (κ1) is 23.2. The summed E-state index contributed by atoms with van der Waals surface area (Å²) >= 11 is 0. The number of nitrogens with zero attached hydrogens (tertiary/aromatic N) is 4. The average molecular weight is 439 g/mol. The van der Waals surface area contributed by atoms with E-state index in [1.54, 1.807) is 16.6 Å². The molecule has 9 heteroatoms. The third-order valence-electron chi connectivity index (χ3n) is 4.76. The SMILES string of the molecule is CC(C)(C)Nc1cc(-c2ccc3cc(C#N)cnn23)ncc1C(=O)NCC(F)C(C)(C)O. The number of rotatable bonds is 6. The zero-order valence-corrected chi connectivity index (χ0v) is 18.8. The van der Waals surface area contributed by atoms with E-state index >= 15 is 0 Å². The normalized spacial score (nSPS) is 12.9. The molecule has 3 heterocycles. The van der Waals surface area contributed by atoms with Gasteiger partial charge in [0.15, 0.2) is 0 Å². The van der Waals surface area contributed by atoms with E-state index in [1.807, 2.05) is 32.9 Å². The lowest BCUT2D eigenvalue weighted by Crippen LogP contribution is -2.42. The summed E-state index contributed by atoms with van der Waals surface area (Å²) in [4.78, 5) is 17.2. The van der Waals surface area contributed by atoms with E-state index in [0.717, 1.165) is 5.52 Å². The van der Waals surface area contributed by atoms with Gasteiger partial charge < -0.3 is 15.7 Å². The molecule has 1 unspecified atom stereocenters. The highest BCUT2D eigenvalue weighted by Gasteiger charge is 2.27. The highest BCUT2D eigenvalue weighted by atomic mass is 19.1. The molecule has 8 nitrogen and oxygen atoms in total.